The van der Waals surface area contributed by atoms with E-state index in [9.17, 15) is 13.2 Å². The molecule has 2 nitrogen and oxygen atoms in total. The van der Waals surface area contributed by atoms with E-state index >= 15 is 0 Å². The van der Waals surface area contributed by atoms with E-state index in [-0.39, 0.29) is 12.1 Å². The van der Waals surface area contributed by atoms with Crippen molar-refractivity contribution in [3.05, 3.63) is 50.1 Å². The van der Waals surface area contributed by atoms with Gasteiger partial charge >= 0.3 is 6.18 Å². The molecular weight excluding hydrogens is 365 g/mol. The number of anilines is 1. The molecule has 0 aliphatic carbocycles. The molecular formula is C14H14BrF3N2S. The smallest absolute Gasteiger partial charge is 0.369 e. The Hall–Kier alpha value is -1.05. The fourth-order valence-electron chi connectivity index (χ4n) is 2.01. The highest BCUT2D eigenvalue weighted by Crippen LogP contribution is 2.35. The number of benzene rings is 1. The first kappa shape index (κ1) is 16.3. The van der Waals surface area contributed by atoms with Crippen molar-refractivity contribution in [2.45, 2.75) is 19.3 Å². The summed E-state index contributed by atoms with van der Waals surface area (Å²) >= 11 is 4.92. The minimum absolute atomic E-state index is 0.110. The van der Waals surface area contributed by atoms with Gasteiger partial charge in [0.15, 0.2) is 0 Å². The van der Waals surface area contributed by atoms with E-state index in [1.165, 1.54) is 6.07 Å². The number of halogens is 4. The van der Waals surface area contributed by atoms with Crippen molar-refractivity contribution >= 4 is 33.0 Å². The maximum Gasteiger partial charge on any atom is 0.416 e. The first-order valence-corrected chi connectivity index (χ1v) is 7.82. The van der Waals surface area contributed by atoms with Crippen LogP contribution in [0.5, 0.6) is 0 Å². The first-order chi connectivity index (χ1) is 9.81. The summed E-state index contributed by atoms with van der Waals surface area (Å²) in [4.78, 5) is 2.86. The van der Waals surface area contributed by atoms with Crippen molar-refractivity contribution < 1.29 is 13.2 Å². The van der Waals surface area contributed by atoms with Gasteiger partial charge in [0.2, 0.25) is 0 Å². The molecule has 2 N–H and O–H groups in total. The van der Waals surface area contributed by atoms with Gasteiger partial charge in [-0.25, -0.2) is 0 Å². The van der Waals surface area contributed by atoms with E-state index in [2.05, 4.69) is 15.9 Å². The zero-order valence-corrected chi connectivity index (χ0v) is 13.6. The van der Waals surface area contributed by atoms with Crippen LogP contribution in [0.2, 0.25) is 0 Å². The van der Waals surface area contributed by atoms with Gasteiger partial charge in [-0.15, -0.1) is 11.3 Å². The van der Waals surface area contributed by atoms with Crippen LogP contribution in [0.15, 0.2) is 34.1 Å². The lowest BCUT2D eigenvalue weighted by Crippen LogP contribution is -2.18. The van der Waals surface area contributed by atoms with Gasteiger partial charge in [0, 0.05) is 34.0 Å². The summed E-state index contributed by atoms with van der Waals surface area (Å²) in [6, 6.07) is 6.23. The van der Waals surface area contributed by atoms with Crippen LogP contribution in [0.4, 0.5) is 18.9 Å². The molecule has 21 heavy (non-hydrogen) atoms. The van der Waals surface area contributed by atoms with E-state index in [1.807, 2.05) is 11.4 Å². The highest BCUT2D eigenvalue weighted by molar-refractivity contribution is 9.10. The van der Waals surface area contributed by atoms with Crippen LogP contribution in [0.25, 0.3) is 0 Å². The number of nitrogens with zero attached hydrogens (tertiary/aromatic N) is 1. The molecule has 1 heterocycles. The normalized spacial score (nSPS) is 11.7. The van der Waals surface area contributed by atoms with Crippen LogP contribution in [-0.4, -0.2) is 7.05 Å². The highest BCUT2D eigenvalue weighted by atomic mass is 79.9. The number of hydrogen-bond donors (Lipinski definition) is 1. The Balaban J connectivity index is 2.27. The van der Waals surface area contributed by atoms with Crippen molar-refractivity contribution in [3.8, 4) is 0 Å². The van der Waals surface area contributed by atoms with Gasteiger partial charge in [-0.3, -0.25) is 0 Å². The molecule has 0 radical (unpaired) electrons. The fourth-order valence-corrected chi connectivity index (χ4v) is 3.51. The second-order valence-corrected chi connectivity index (χ2v) is 6.54. The van der Waals surface area contributed by atoms with Gasteiger partial charge in [-0.05, 0) is 39.7 Å². The summed E-state index contributed by atoms with van der Waals surface area (Å²) < 4.78 is 40.1. The molecule has 1 aromatic carbocycles. The molecule has 2 aromatic rings. The molecule has 0 spiro atoms. The molecule has 0 aliphatic heterocycles. The Morgan fingerprint density at radius 3 is 2.52 bits per heavy atom. The molecule has 0 saturated carbocycles. The number of hydrogen-bond acceptors (Lipinski definition) is 3. The molecule has 2 rings (SSSR count). The second-order valence-electron chi connectivity index (χ2n) is 4.63. The Bertz CT molecular complexity index is 625. The summed E-state index contributed by atoms with van der Waals surface area (Å²) in [7, 11) is 1.77. The zero-order valence-electron chi connectivity index (χ0n) is 11.2. The van der Waals surface area contributed by atoms with Gasteiger partial charge in [-0.1, -0.05) is 6.07 Å². The van der Waals surface area contributed by atoms with Crippen LogP contribution in [0.1, 0.15) is 16.0 Å². The van der Waals surface area contributed by atoms with E-state index in [0.29, 0.717) is 12.2 Å². The maximum absolute atomic E-state index is 13.0. The lowest BCUT2D eigenvalue weighted by atomic mass is 10.1. The van der Waals surface area contributed by atoms with Crippen molar-refractivity contribution in [1.82, 2.24) is 0 Å². The Kier molecular flexibility index (Phi) is 4.95. The average molecular weight is 379 g/mol. The van der Waals surface area contributed by atoms with Crippen molar-refractivity contribution in [3.63, 3.8) is 0 Å². The van der Waals surface area contributed by atoms with Crippen molar-refractivity contribution in [2.24, 2.45) is 5.73 Å². The molecule has 0 atom stereocenters. The molecule has 7 heteroatoms. The molecule has 1 aromatic heterocycles. The van der Waals surface area contributed by atoms with E-state index < -0.39 is 11.7 Å². The molecule has 0 amide bonds. The van der Waals surface area contributed by atoms with Crippen LogP contribution >= 0.6 is 27.3 Å². The topological polar surface area (TPSA) is 29.3 Å². The molecule has 0 unspecified atom stereocenters. The van der Waals surface area contributed by atoms with Gasteiger partial charge in [0.25, 0.3) is 0 Å². The molecule has 0 fully saturated rings. The van der Waals surface area contributed by atoms with Gasteiger partial charge in [-0.2, -0.15) is 13.2 Å². The fraction of sp³-hybridized carbons (Fsp3) is 0.286. The Morgan fingerprint density at radius 1 is 1.29 bits per heavy atom. The molecule has 0 aliphatic rings. The van der Waals surface area contributed by atoms with Crippen LogP contribution < -0.4 is 10.6 Å². The predicted octanol–water partition coefficient (Wildman–Crippen LogP) is 4.62. The summed E-state index contributed by atoms with van der Waals surface area (Å²) in [6.45, 7) is 0.423. The third-order valence-corrected chi connectivity index (χ3v) is 4.76. The lowest BCUT2D eigenvalue weighted by molar-refractivity contribution is -0.138. The average Bonchev–Trinajstić information content (AvgIpc) is 2.82. The lowest BCUT2D eigenvalue weighted by Gasteiger charge is -2.21. The number of thiophene rings is 1. The minimum atomic E-state index is -4.39. The zero-order chi connectivity index (χ0) is 15.6. The molecule has 0 bridgehead atoms. The Morgan fingerprint density at radius 2 is 2.00 bits per heavy atom. The SMILES string of the molecule is CN(Cc1cc(Br)cs1)c1ccc(CN)c(C(F)(F)F)c1. The summed E-state index contributed by atoms with van der Waals surface area (Å²) in [6.07, 6.45) is -4.39. The van der Waals surface area contributed by atoms with Gasteiger partial charge < -0.3 is 10.6 Å². The quantitative estimate of drug-likeness (QED) is 0.840. The van der Waals surface area contributed by atoms with E-state index in [0.717, 1.165) is 15.4 Å². The number of rotatable bonds is 4. The molecule has 114 valence electrons. The van der Waals surface area contributed by atoms with Gasteiger partial charge in [0.05, 0.1) is 12.1 Å². The molecule has 0 saturated heterocycles. The van der Waals surface area contributed by atoms with E-state index in [4.69, 9.17) is 5.73 Å². The third-order valence-electron chi connectivity index (χ3n) is 3.07. The van der Waals surface area contributed by atoms with Crippen LogP contribution in [-0.2, 0) is 19.3 Å². The van der Waals surface area contributed by atoms with Crippen molar-refractivity contribution in [1.29, 1.82) is 0 Å². The highest BCUT2D eigenvalue weighted by Gasteiger charge is 2.33. The standard InChI is InChI=1S/C14H14BrF3N2S/c1-20(7-12-4-10(15)8-21-12)11-3-2-9(6-19)13(5-11)14(16,17)18/h2-5,8H,6-7,19H2,1H3. The first-order valence-electron chi connectivity index (χ1n) is 6.15. The van der Waals surface area contributed by atoms with Crippen LogP contribution in [0.3, 0.4) is 0 Å². The maximum atomic E-state index is 13.0. The second kappa shape index (κ2) is 6.37. The largest absolute Gasteiger partial charge is 0.416 e. The monoisotopic (exact) mass is 378 g/mol. The number of nitrogens with two attached hydrogens (primary N) is 1. The third kappa shape index (κ3) is 3.99. The summed E-state index contributed by atoms with van der Waals surface area (Å²) in [5, 5.41) is 1.95. The van der Waals surface area contributed by atoms with E-state index in [1.54, 1.807) is 29.4 Å². The van der Waals surface area contributed by atoms with Crippen molar-refractivity contribution in [2.75, 3.05) is 11.9 Å². The number of alkyl halides is 3. The summed E-state index contributed by atoms with van der Waals surface area (Å²) in [5.74, 6) is 0. The van der Waals surface area contributed by atoms with Crippen LogP contribution in [0, 0.1) is 0 Å². The Labute approximate surface area is 133 Å². The minimum Gasteiger partial charge on any atom is -0.369 e. The summed E-state index contributed by atoms with van der Waals surface area (Å²) in [5.41, 5.74) is 5.34. The van der Waals surface area contributed by atoms with Gasteiger partial charge in [0.1, 0.15) is 0 Å². The predicted molar refractivity (Wildman–Crippen MR) is 83.5 cm³/mol.